The molecule has 0 saturated carbocycles. The summed E-state index contributed by atoms with van der Waals surface area (Å²) in [5.41, 5.74) is 6.66. The highest BCUT2D eigenvalue weighted by Gasteiger charge is 2.21. The number of aliphatic imine (C=N–C) groups is 2. The number of aromatic nitrogens is 1. The largest absolute Gasteiger partial charge is 0.324 e. The molecule has 8 rings (SSSR count). The first-order chi connectivity index (χ1) is 20.3. The summed E-state index contributed by atoms with van der Waals surface area (Å²) in [5, 5.41) is 8.47. The molecule has 0 radical (unpaired) electrons. The normalized spacial score (nSPS) is 13.8. The van der Waals surface area contributed by atoms with Crippen LogP contribution in [0.3, 0.4) is 0 Å². The minimum absolute atomic E-state index is 0.352. The molecule has 0 saturated heterocycles. The number of hydrogen-bond donors (Lipinski definition) is 1. The molecule has 0 aliphatic carbocycles. The zero-order valence-electron chi connectivity index (χ0n) is 22.3. The van der Waals surface area contributed by atoms with Gasteiger partial charge in [0.2, 0.25) is 0 Å². The Balaban J connectivity index is 1.27. The van der Waals surface area contributed by atoms with E-state index in [4.69, 9.17) is 9.98 Å². The fraction of sp³-hybridized carbons (Fsp3) is 0.0270. The van der Waals surface area contributed by atoms with Crippen molar-refractivity contribution in [2.24, 2.45) is 9.98 Å². The molecule has 6 aromatic carbocycles. The summed E-state index contributed by atoms with van der Waals surface area (Å²) in [7, 11) is 0. The van der Waals surface area contributed by atoms with Gasteiger partial charge in [-0.15, -0.1) is 0 Å². The van der Waals surface area contributed by atoms with Crippen molar-refractivity contribution in [3.05, 3.63) is 162 Å². The van der Waals surface area contributed by atoms with Crippen molar-refractivity contribution >= 4 is 44.2 Å². The van der Waals surface area contributed by atoms with Crippen LogP contribution in [0.2, 0.25) is 0 Å². The number of fused-ring (bicyclic) bond motifs is 5. The van der Waals surface area contributed by atoms with Gasteiger partial charge in [0, 0.05) is 33.0 Å². The maximum absolute atomic E-state index is 5.04. The molecule has 4 nitrogen and oxygen atoms in total. The third-order valence-corrected chi connectivity index (χ3v) is 7.84. The van der Waals surface area contributed by atoms with E-state index in [1.165, 1.54) is 32.6 Å². The van der Waals surface area contributed by atoms with Crippen LogP contribution in [0.4, 0.5) is 0 Å². The average Bonchev–Trinajstić information content (AvgIpc) is 3.40. The molecule has 0 amide bonds. The van der Waals surface area contributed by atoms with E-state index in [1.54, 1.807) is 0 Å². The molecular formula is C37H26N4. The summed E-state index contributed by atoms with van der Waals surface area (Å²) in [5.74, 6) is 1.64. The lowest BCUT2D eigenvalue weighted by molar-refractivity contribution is 0.755. The van der Waals surface area contributed by atoms with Crippen LogP contribution < -0.4 is 5.32 Å². The summed E-state index contributed by atoms with van der Waals surface area (Å²) in [4.78, 5) is 10.1. The molecule has 7 aromatic rings. The van der Waals surface area contributed by atoms with Gasteiger partial charge in [0.25, 0.3) is 0 Å². The van der Waals surface area contributed by atoms with Crippen molar-refractivity contribution in [3.63, 3.8) is 0 Å². The van der Waals surface area contributed by atoms with E-state index < -0.39 is 0 Å². The number of amidine groups is 2. The fourth-order valence-corrected chi connectivity index (χ4v) is 5.88. The van der Waals surface area contributed by atoms with Crippen molar-refractivity contribution in [3.8, 4) is 5.69 Å². The first-order valence-corrected chi connectivity index (χ1v) is 13.9. The van der Waals surface area contributed by atoms with Crippen molar-refractivity contribution in [1.82, 2.24) is 9.88 Å². The Labute approximate surface area is 237 Å². The van der Waals surface area contributed by atoms with E-state index in [1.807, 2.05) is 36.4 Å². The Morgan fingerprint density at radius 2 is 1.07 bits per heavy atom. The van der Waals surface area contributed by atoms with Crippen LogP contribution in [0.25, 0.3) is 38.3 Å². The molecular weight excluding hydrogens is 500 g/mol. The highest BCUT2D eigenvalue weighted by atomic mass is 15.2. The van der Waals surface area contributed by atoms with E-state index in [2.05, 4.69) is 119 Å². The predicted octanol–water partition coefficient (Wildman–Crippen LogP) is 8.43. The van der Waals surface area contributed by atoms with E-state index in [0.717, 1.165) is 34.0 Å². The van der Waals surface area contributed by atoms with E-state index in [0.29, 0.717) is 0 Å². The molecule has 2 heterocycles. The smallest absolute Gasteiger partial charge is 0.169 e. The molecule has 194 valence electrons. The third-order valence-electron chi connectivity index (χ3n) is 7.84. The number of hydrogen-bond acceptors (Lipinski definition) is 3. The van der Waals surface area contributed by atoms with Gasteiger partial charge in [-0.2, -0.15) is 0 Å². The van der Waals surface area contributed by atoms with E-state index in [-0.39, 0.29) is 6.17 Å². The molecule has 0 fully saturated rings. The van der Waals surface area contributed by atoms with Gasteiger partial charge in [0.05, 0.1) is 11.0 Å². The van der Waals surface area contributed by atoms with Crippen molar-refractivity contribution < 1.29 is 0 Å². The Hall–Kier alpha value is -5.48. The highest BCUT2D eigenvalue weighted by Crippen LogP contribution is 2.37. The standard InChI is InChI=1S/C37H26N4/c1-3-12-26(13-4-1)35-38-36(27-14-5-2-6-15-27)40-37(39-35)28-19-22-29(23-20-28)41-33-18-10-9-17-31(33)32-24-21-25-11-7-8-16-30(25)34(32)41/h1-24,37H,(H,38,39,40). The monoisotopic (exact) mass is 526 g/mol. The fourth-order valence-electron chi connectivity index (χ4n) is 5.88. The number of rotatable bonds is 4. The Morgan fingerprint density at radius 1 is 0.488 bits per heavy atom. The van der Waals surface area contributed by atoms with Crippen molar-refractivity contribution in [2.45, 2.75) is 6.17 Å². The Bertz CT molecular complexity index is 2050. The Kier molecular flexibility index (Phi) is 5.49. The van der Waals surface area contributed by atoms with Gasteiger partial charge in [-0.25, -0.2) is 9.98 Å². The second kappa shape index (κ2) is 9.61. The first-order valence-electron chi connectivity index (χ1n) is 13.9. The zero-order valence-corrected chi connectivity index (χ0v) is 22.3. The second-order valence-electron chi connectivity index (χ2n) is 10.3. The predicted molar refractivity (Wildman–Crippen MR) is 170 cm³/mol. The van der Waals surface area contributed by atoms with Gasteiger partial charge in [-0.05, 0) is 29.1 Å². The summed E-state index contributed by atoms with van der Waals surface area (Å²) in [6, 6.07) is 50.9. The van der Waals surface area contributed by atoms with Crippen molar-refractivity contribution in [2.75, 3.05) is 0 Å². The van der Waals surface area contributed by atoms with Gasteiger partial charge in [-0.1, -0.05) is 127 Å². The summed E-state index contributed by atoms with van der Waals surface area (Å²) in [6.45, 7) is 0. The molecule has 1 aliphatic rings. The van der Waals surface area contributed by atoms with Crippen molar-refractivity contribution in [1.29, 1.82) is 0 Å². The molecule has 0 unspecified atom stereocenters. The van der Waals surface area contributed by atoms with Crippen LogP contribution in [0.5, 0.6) is 0 Å². The molecule has 0 spiro atoms. The molecule has 1 N–H and O–H groups in total. The maximum atomic E-state index is 5.04. The van der Waals surface area contributed by atoms with Gasteiger partial charge < -0.3 is 9.88 Å². The zero-order chi connectivity index (χ0) is 27.2. The van der Waals surface area contributed by atoms with Gasteiger partial charge in [0.1, 0.15) is 11.7 Å². The van der Waals surface area contributed by atoms with Crippen LogP contribution in [-0.2, 0) is 0 Å². The number of para-hydroxylation sites is 1. The molecule has 41 heavy (non-hydrogen) atoms. The molecule has 0 atom stereocenters. The van der Waals surface area contributed by atoms with Crippen LogP contribution in [0.15, 0.2) is 156 Å². The molecule has 4 heteroatoms. The van der Waals surface area contributed by atoms with Crippen LogP contribution in [0.1, 0.15) is 22.9 Å². The topological polar surface area (TPSA) is 41.7 Å². The summed E-state index contributed by atoms with van der Waals surface area (Å²) >= 11 is 0. The molecule has 0 bridgehead atoms. The summed E-state index contributed by atoms with van der Waals surface area (Å²) in [6.07, 6.45) is -0.352. The van der Waals surface area contributed by atoms with Gasteiger partial charge in [-0.3, -0.25) is 0 Å². The van der Waals surface area contributed by atoms with Crippen LogP contribution >= 0.6 is 0 Å². The third kappa shape index (κ3) is 4.00. The number of nitrogens with zero attached hydrogens (tertiary/aromatic N) is 3. The first kappa shape index (κ1) is 23.4. The lowest BCUT2D eigenvalue weighted by atomic mass is 10.1. The molecule has 1 aromatic heterocycles. The minimum atomic E-state index is -0.352. The van der Waals surface area contributed by atoms with E-state index in [9.17, 15) is 0 Å². The highest BCUT2D eigenvalue weighted by molar-refractivity contribution is 6.18. The van der Waals surface area contributed by atoms with Gasteiger partial charge in [0.15, 0.2) is 6.17 Å². The summed E-state index contributed by atoms with van der Waals surface area (Å²) < 4.78 is 2.39. The quantitative estimate of drug-likeness (QED) is 0.246. The maximum Gasteiger partial charge on any atom is 0.169 e. The van der Waals surface area contributed by atoms with E-state index >= 15 is 0 Å². The second-order valence-corrected chi connectivity index (χ2v) is 10.3. The Morgan fingerprint density at radius 3 is 1.76 bits per heavy atom. The number of benzene rings is 6. The lowest BCUT2D eigenvalue weighted by Crippen LogP contribution is -2.35. The van der Waals surface area contributed by atoms with Gasteiger partial charge >= 0.3 is 0 Å². The average molecular weight is 527 g/mol. The van der Waals surface area contributed by atoms with Crippen LogP contribution in [-0.4, -0.2) is 16.2 Å². The lowest BCUT2D eigenvalue weighted by Gasteiger charge is -2.22. The number of nitrogens with one attached hydrogen (secondary N) is 1. The SMILES string of the molecule is c1ccc(C2=NC(c3ccc(-n4c5ccccc5c5ccc6ccccc6c54)cc3)N=C(c3ccccc3)N2)cc1. The van der Waals surface area contributed by atoms with Crippen LogP contribution in [0, 0.1) is 0 Å². The minimum Gasteiger partial charge on any atom is -0.324 e. The molecule has 1 aliphatic heterocycles.